The minimum Gasteiger partial charge on any atom is -0.379 e. The van der Waals surface area contributed by atoms with Gasteiger partial charge in [-0.1, -0.05) is 18.2 Å². The van der Waals surface area contributed by atoms with Crippen LogP contribution in [0.25, 0.3) is 10.9 Å². The second-order valence-corrected chi connectivity index (χ2v) is 6.44. The number of hydrogen-bond donors (Lipinski definition) is 1. The number of nitrogens with one attached hydrogen (secondary N) is 1. The van der Waals surface area contributed by atoms with Crippen molar-refractivity contribution in [3.8, 4) is 0 Å². The summed E-state index contributed by atoms with van der Waals surface area (Å²) in [4.78, 5) is 14.3. The number of para-hydroxylation sites is 1. The lowest BCUT2D eigenvalue weighted by molar-refractivity contribution is -0.121. The van der Waals surface area contributed by atoms with E-state index >= 15 is 0 Å². The van der Waals surface area contributed by atoms with Crippen LogP contribution in [0.3, 0.4) is 0 Å². The topological polar surface area (TPSA) is 46.5 Å². The lowest BCUT2D eigenvalue weighted by Crippen LogP contribution is -2.41. The molecule has 0 radical (unpaired) electrons. The molecule has 130 valence electrons. The van der Waals surface area contributed by atoms with Gasteiger partial charge in [0.1, 0.15) is 0 Å². The fraction of sp³-hybridized carbons (Fsp3) is 0.526. The third kappa shape index (κ3) is 4.36. The molecule has 1 aromatic heterocycles. The van der Waals surface area contributed by atoms with Gasteiger partial charge in [0.2, 0.25) is 5.91 Å². The number of carbonyl (C=O) groups is 1. The molecule has 1 aliphatic heterocycles. The maximum atomic E-state index is 12.0. The average Bonchev–Trinajstić information content (AvgIpc) is 2.92. The summed E-state index contributed by atoms with van der Waals surface area (Å²) in [7, 11) is 2.07. The van der Waals surface area contributed by atoms with Crippen molar-refractivity contribution >= 4 is 16.8 Å². The summed E-state index contributed by atoms with van der Waals surface area (Å²) in [6, 6.07) is 8.43. The lowest BCUT2D eigenvalue weighted by atomic mass is 10.1. The van der Waals surface area contributed by atoms with E-state index in [4.69, 9.17) is 4.74 Å². The van der Waals surface area contributed by atoms with Crippen LogP contribution in [0.5, 0.6) is 0 Å². The number of fused-ring (bicyclic) bond motifs is 1. The van der Waals surface area contributed by atoms with Crippen molar-refractivity contribution in [1.29, 1.82) is 0 Å². The van der Waals surface area contributed by atoms with Crippen LogP contribution in [-0.2, 0) is 23.0 Å². The van der Waals surface area contributed by atoms with Gasteiger partial charge in [-0.25, -0.2) is 0 Å². The highest BCUT2D eigenvalue weighted by Crippen LogP contribution is 2.21. The molecule has 0 unspecified atom stereocenters. The maximum absolute atomic E-state index is 12.0. The standard InChI is InChI=1S/C19H27N3O2/c1-21-15-16(17-6-2-3-7-18(17)21)5-4-8-19(23)20-9-10-22-11-13-24-14-12-22/h2-3,6-7,15H,4-5,8-14H2,1H3,(H,20,23). The molecule has 24 heavy (non-hydrogen) atoms. The second kappa shape index (κ2) is 8.31. The molecule has 1 fully saturated rings. The van der Waals surface area contributed by atoms with Crippen LogP contribution in [0, 0.1) is 0 Å². The molecule has 3 rings (SSSR count). The summed E-state index contributed by atoms with van der Waals surface area (Å²) < 4.78 is 7.48. The van der Waals surface area contributed by atoms with Gasteiger partial charge in [0, 0.05) is 56.7 Å². The summed E-state index contributed by atoms with van der Waals surface area (Å²) in [6.45, 7) is 5.19. The van der Waals surface area contributed by atoms with Crippen LogP contribution >= 0.6 is 0 Å². The lowest BCUT2D eigenvalue weighted by Gasteiger charge is -2.26. The smallest absolute Gasteiger partial charge is 0.220 e. The number of ether oxygens (including phenoxy) is 1. The van der Waals surface area contributed by atoms with Crippen LogP contribution in [0.15, 0.2) is 30.5 Å². The first-order chi connectivity index (χ1) is 11.7. The van der Waals surface area contributed by atoms with Gasteiger partial charge >= 0.3 is 0 Å². The van der Waals surface area contributed by atoms with Gasteiger partial charge in [-0.3, -0.25) is 9.69 Å². The molecule has 1 amide bonds. The Labute approximate surface area is 143 Å². The van der Waals surface area contributed by atoms with Crippen LogP contribution < -0.4 is 5.32 Å². The quantitative estimate of drug-likeness (QED) is 0.844. The number of morpholine rings is 1. The van der Waals surface area contributed by atoms with E-state index in [1.807, 2.05) is 0 Å². The molecule has 5 nitrogen and oxygen atoms in total. The zero-order valence-corrected chi connectivity index (χ0v) is 14.5. The van der Waals surface area contributed by atoms with Crippen molar-refractivity contribution < 1.29 is 9.53 Å². The van der Waals surface area contributed by atoms with E-state index in [2.05, 4.69) is 52.3 Å². The maximum Gasteiger partial charge on any atom is 0.220 e. The van der Waals surface area contributed by atoms with Crippen LogP contribution in [0.4, 0.5) is 0 Å². The van der Waals surface area contributed by atoms with E-state index in [0.717, 1.165) is 52.2 Å². The number of amides is 1. The molecule has 0 atom stereocenters. The normalized spacial score (nSPS) is 15.7. The summed E-state index contributed by atoms with van der Waals surface area (Å²) in [5.74, 6) is 0.156. The summed E-state index contributed by atoms with van der Waals surface area (Å²) in [5.41, 5.74) is 2.58. The Morgan fingerprint density at radius 3 is 2.88 bits per heavy atom. The van der Waals surface area contributed by atoms with Crippen LogP contribution in [0.2, 0.25) is 0 Å². The molecule has 0 spiro atoms. The van der Waals surface area contributed by atoms with E-state index in [0.29, 0.717) is 6.42 Å². The van der Waals surface area contributed by atoms with Gasteiger partial charge < -0.3 is 14.6 Å². The van der Waals surface area contributed by atoms with Gasteiger partial charge in [0.15, 0.2) is 0 Å². The minimum atomic E-state index is 0.156. The van der Waals surface area contributed by atoms with Crippen molar-refractivity contribution in [2.24, 2.45) is 7.05 Å². The van der Waals surface area contributed by atoms with Crippen molar-refractivity contribution in [2.45, 2.75) is 19.3 Å². The Morgan fingerprint density at radius 2 is 2.04 bits per heavy atom. The molecule has 1 saturated heterocycles. The van der Waals surface area contributed by atoms with Crippen molar-refractivity contribution in [2.75, 3.05) is 39.4 Å². The number of nitrogens with zero attached hydrogens (tertiary/aromatic N) is 2. The van der Waals surface area contributed by atoms with Crippen LogP contribution in [-0.4, -0.2) is 54.8 Å². The molecule has 1 aliphatic rings. The summed E-state index contributed by atoms with van der Waals surface area (Å²) in [5, 5.41) is 4.33. The fourth-order valence-electron chi connectivity index (χ4n) is 3.33. The highest BCUT2D eigenvalue weighted by atomic mass is 16.5. The molecular weight excluding hydrogens is 302 g/mol. The van der Waals surface area contributed by atoms with E-state index in [9.17, 15) is 4.79 Å². The first-order valence-electron chi connectivity index (χ1n) is 8.84. The average molecular weight is 329 g/mol. The molecule has 0 aliphatic carbocycles. The number of benzene rings is 1. The molecule has 5 heteroatoms. The van der Waals surface area contributed by atoms with Gasteiger partial charge in [0.25, 0.3) is 0 Å². The highest BCUT2D eigenvalue weighted by Gasteiger charge is 2.10. The first kappa shape index (κ1) is 17.0. The van der Waals surface area contributed by atoms with Crippen molar-refractivity contribution in [3.05, 3.63) is 36.0 Å². The predicted molar refractivity (Wildman–Crippen MR) is 96.1 cm³/mol. The number of rotatable bonds is 7. The monoisotopic (exact) mass is 329 g/mol. The second-order valence-electron chi connectivity index (χ2n) is 6.44. The van der Waals surface area contributed by atoms with Gasteiger partial charge in [0.05, 0.1) is 13.2 Å². The van der Waals surface area contributed by atoms with Crippen molar-refractivity contribution in [1.82, 2.24) is 14.8 Å². The molecular formula is C19H27N3O2. The van der Waals surface area contributed by atoms with E-state index in [1.54, 1.807) is 0 Å². The Morgan fingerprint density at radius 1 is 1.25 bits per heavy atom. The third-order valence-electron chi connectivity index (χ3n) is 4.68. The van der Waals surface area contributed by atoms with E-state index in [1.165, 1.54) is 16.5 Å². The Kier molecular flexibility index (Phi) is 5.88. The van der Waals surface area contributed by atoms with E-state index in [-0.39, 0.29) is 5.91 Å². The number of aryl methyl sites for hydroxylation is 2. The van der Waals surface area contributed by atoms with Gasteiger partial charge in [-0.15, -0.1) is 0 Å². The molecule has 1 aromatic carbocycles. The molecule has 0 bridgehead atoms. The summed E-state index contributed by atoms with van der Waals surface area (Å²) in [6.07, 6.45) is 4.60. The largest absolute Gasteiger partial charge is 0.379 e. The van der Waals surface area contributed by atoms with Gasteiger partial charge in [-0.2, -0.15) is 0 Å². The Bertz CT molecular complexity index is 674. The number of hydrogen-bond acceptors (Lipinski definition) is 3. The molecule has 1 N–H and O–H groups in total. The SMILES string of the molecule is Cn1cc(CCCC(=O)NCCN2CCOCC2)c2ccccc21. The minimum absolute atomic E-state index is 0.156. The fourth-order valence-corrected chi connectivity index (χ4v) is 3.33. The Balaban J connectivity index is 1.38. The van der Waals surface area contributed by atoms with Crippen LogP contribution in [0.1, 0.15) is 18.4 Å². The first-order valence-corrected chi connectivity index (χ1v) is 8.84. The van der Waals surface area contributed by atoms with Crippen molar-refractivity contribution in [3.63, 3.8) is 0 Å². The third-order valence-corrected chi connectivity index (χ3v) is 4.68. The zero-order chi connectivity index (χ0) is 16.8. The van der Waals surface area contributed by atoms with E-state index < -0.39 is 0 Å². The Hall–Kier alpha value is -1.85. The number of aromatic nitrogens is 1. The number of carbonyl (C=O) groups excluding carboxylic acids is 1. The molecule has 2 heterocycles. The highest BCUT2D eigenvalue weighted by molar-refractivity contribution is 5.84. The van der Waals surface area contributed by atoms with Gasteiger partial charge in [-0.05, 0) is 24.5 Å². The summed E-state index contributed by atoms with van der Waals surface area (Å²) >= 11 is 0. The predicted octanol–water partition coefficient (Wildman–Crippen LogP) is 1.95. The zero-order valence-electron chi connectivity index (χ0n) is 14.5. The molecule has 2 aromatic rings. The molecule has 0 saturated carbocycles.